The zero-order chi connectivity index (χ0) is 21.1. The number of rotatable bonds is 7. The van der Waals surface area contributed by atoms with Crippen LogP contribution in [-0.4, -0.2) is 20.9 Å². The maximum Gasteiger partial charge on any atom is 0.282 e. The molecule has 30 heavy (non-hydrogen) atoms. The third kappa shape index (κ3) is 4.38. The number of anilines is 1. The van der Waals surface area contributed by atoms with Crippen LogP contribution in [0.25, 0.3) is 16.6 Å². The monoisotopic (exact) mass is 426 g/mol. The van der Waals surface area contributed by atoms with Crippen molar-refractivity contribution in [1.29, 1.82) is 0 Å². The molecule has 0 fully saturated rings. The molecular weight excluding hydrogens is 406 g/mol. The molecule has 0 spiro atoms. The Morgan fingerprint density at radius 2 is 1.83 bits per heavy atom. The second-order valence-corrected chi connectivity index (χ2v) is 7.74. The highest BCUT2D eigenvalue weighted by Crippen LogP contribution is 2.31. The summed E-state index contributed by atoms with van der Waals surface area (Å²) < 4.78 is 37.0. The summed E-state index contributed by atoms with van der Waals surface area (Å²) in [5, 5.41) is 4.96. The molecule has 0 amide bonds. The molecule has 0 bridgehead atoms. The van der Waals surface area contributed by atoms with E-state index in [-0.39, 0.29) is 11.8 Å². The van der Waals surface area contributed by atoms with Crippen molar-refractivity contribution in [2.45, 2.75) is 31.3 Å². The molecule has 0 unspecified atom stereocenters. The molecule has 1 N–H and O–H groups in total. The molecule has 0 aliphatic carbocycles. The maximum atomic E-state index is 13.4. The average Bonchev–Trinajstić information content (AvgIpc) is 3.17. The molecule has 0 saturated carbocycles. The van der Waals surface area contributed by atoms with Gasteiger partial charge in [-0.2, -0.15) is 5.10 Å². The molecule has 5 nitrogen and oxygen atoms in total. The summed E-state index contributed by atoms with van der Waals surface area (Å²) in [7, 11) is 0. The largest absolute Gasteiger partial charge is 0.491 e. The number of fused-ring (bicyclic) bond motifs is 1. The number of hydrogen-bond acceptors (Lipinski definition) is 5. The Labute approximate surface area is 177 Å². The van der Waals surface area contributed by atoms with Crippen LogP contribution in [0.15, 0.2) is 71.8 Å². The fourth-order valence-electron chi connectivity index (χ4n) is 3.00. The summed E-state index contributed by atoms with van der Waals surface area (Å²) in [4.78, 5) is 5.25. The summed E-state index contributed by atoms with van der Waals surface area (Å²) >= 11 is 1.31. The van der Waals surface area contributed by atoms with Gasteiger partial charge in [0.05, 0.1) is 17.3 Å². The van der Waals surface area contributed by atoms with Crippen LogP contribution in [0.3, 0.4) is 0 Å². The molecule has 0 radical (unpaired) electrons. The van der Waals surface area contributed by atoms with Crippen molar-refractivity contribution in [3.05, 3.63) is 72.6 Å². The molecule has 0 atom stereocenters. The summed E-state index contributed by atoms with van der Waals surface area (Å²) in [5.74, 6) is 1.23. The van der Waals surface area contributed by atoms with E-state index < -0.39 is 6.43 Å². The van der Waals surface area contributed by atoms with Gasteiger partial charge < -0.3 is 9.46 Å². The van der Waals surface area contributed by atoms with Crippen LogP contribution in [0.4, 0.5) is 14.6 Å². The van der Waals surface area contributed by atoms with Gasteiger partial charge in [0, 0.05) is 22.5 Å². The van der Waals surface area contributed by atoms with Crippen molar-refractivity contribution in [2.75, 3.05) is 4.72 Å². The van der Waals surface area contributed by atoms with E-state index >= 15 is 0 Å². The molecule has 2 aromatic heterocycles. The molecule has 4 rings (SSSR count). The number of pyridine rings is 1. The van der Waals surface area contributed by atoms with E-state index in [1.807, 2.05) is 68.4 Å². The van der Waals surface area contributed by atoms with Gasteiger partial charge in [0.1, 0.15) is 17.3 Å². The van der Waals surface area contributed by atoms with Crippen molar-refractivity contribution in [2.24, 2.45) is 0 Å². The zero-order valence-corrected chi connectivity index (χ0v) is 17.2. The first-order chi connectivity index (χ1) is 14.5. The normalized spacial score (nSPS) is 11.4. The molecule has 8 heteroatoms. The zero-order valence-electron chi connectivity index (χ0n) is 16.4. The van der Waals surface area contributed by atoms with Crippen molar-refractivity contribution in [3.63, 3.8) is 0 Å². The fourth-order valence-corrected chi connectivity index (χ4v) is 3.64. The van der Waals surface area contributed by atoms with Crippen LogP contribution in [0.1, 0.15) is 26.0 Å². The minimum Gasteiger partial charge on any atom is -0.491 e. The second kappa shape index (κ2) is 8.71. The number of benzene rings is 2. The van der Waals surface area contributed by atoms with Gasteiger partial charge in [-0.3, -0.25) is 4.98 Å². The van der Waals surface area contributed by atoms with Crippen LogP contribution < -0.4 is 9.46 Å². The smallest absolute Gasteiger partial charge is 0.282 e. The Morgan fingerprint density at radius 1 is 1.03 bits per heavy atom. The molecule has 2 aromatic carbocycles. The van der Waals surface area contributed by atoms with E-state index in [4.69, 9.17) is 4.74 Å². The van der Waals surface area contributed by atoms with Crippen LogP contribution in [0, 0.1) is 0 Å². The Bertz CT molecular complexity index is 1140. The molecule has 0 saturated heterocycles. The quantitative estimate of drug-likeness (QED) is 0.353. The average molecular weight is 426 g/mol. The lowest BCUT2D eigenvalue weighted by atomic mass is 10.2. The van der Waals surface area contributed by atoms with Crippen molar-refractivity contribution < 1.29 is 13.5 Å². The van der Waals surface area contributed by atoms with Crippen LogP contribution >= 0.6 is 11.9 Å². The third-order valence-corrected chi connectivity index (χ3v) is 5.09. The summed E-state index contributed by atoms with van der Waals surface area (Å²) in [5.41, 5.74) is 1.15. The second-order valence-electron chi connectivity index (χ2n) is 6.86. The van der Waals surface area contributed by atoms with E-state index in [9.17, 15) is 8.78 Å². The first-order valence-electron chi connectivity index (χ1n) is 9.43. The predicted molar refractivity (Wildman–Crippen MR) is 116 cm³/mol. The molecular formula is C22H20F2N4OS. The summed E-state index contributed by atoms with van der Waals surface area (Å²) in [6.45, 7) is 3.93. The highest BCUT2D eigenvalue weighted by molar-refractivity contribution is 8.00. The van der Waals surface area contributed by atoms with Gasteiger partial charge in [-0.25, -0.2) is 13.5 Å². The lowest BCUT2D eigenvalue weighted by Gasteiger charge is -2.12. The maximum absolute atomic E-state index is 13.4. The summed E-state index contributed by atoms with van der Waals surface area (Å²) in [6, 6.07) is 18.2. The predicted octanol–water partition coefficient (Wildman–Crippen LogP) is 6.26. The van der Waals surface area contributed by atoms with Gasteiger partial charge in [-0.15, -0.1) is 0 Å². The summed E-state index contributed by atoms with van der Waals surface area (Å²) in [6.07, 6.45) is -0.877. The number of nitrogens with zero attached hydrogens (tertiary/aromatic N) is 3. The molecule has 0 aliphatic rings. The van der Waals surface area contributed by atoms with Gasteiger partial charge in [-0.05, 0) is 74.3 Å². The first kappa shape index (κ1) is 20.2. The topological polar surface area (TPSA) is 52.0 Å². The molecule has 2 heterocycles. The Kier molecular flexibility index (Phi) is 5.85. The van der Waals surface area contributed by atoms with Gasteiger partial charge in [0.15, 0.2) is 0 Å². The standard InChI is InChI=1S/C22H20F2N4OS/c1-14(2)29-15-8-10-16(11-9-15)30-27-21-13-19(22(23)24)26-28(21)20-7-3-6-18-17(20)5-4-12-25-18/h3-14,22,27H,1-2H3. The fraction of sp³-hybridized carbons (Fsp3) is 0.182. The van der Waals surface area contributed by atoms with E-state index in [0.717, 1.165) is 21.5 Å². The number of aromatic nitrogens is 3. The van der Waals surface area contributed by atoms with Crippen LogP contribution in [-0.2, 0) is 0 Å². The van der Waals surface area contributed by atoms with Gasteiger partial charge >= 0.3 is 0 Å². The number of hydrogen-bond donors (Lipinski definition) is 1. The highest BCUT2D eigenvalue weighted by Gasteiger charge is 2.18. The van der Waals surface area contributed by atoms with Gasteiger partial charge in [0.2, 0.25) is 0 Å². The van der Waals surface area contributed by atoms with E-state index in [0.29, 0.717) is 11.5 Å². The van der Waals surface area contributed by atoms with Crippen LogP contribution in [0.2, 0.25) is 0 Å². The number of ether oxygens (including phenoxy) is 1. The van der Waals surface area contributed by atoms with E-state index in [2.05, 4.69) is 14.8 Å². The number of halogens is 2. The third-order valence-electron chi connectivity index (χ3n) is 4.27. The number of nitrogens with one attached hydrogen (secondary N) is 1. The molecule has 154 valence electrons. The van der Waals surface area contributed by atoms with Crippen molar-refractivity contribution in [1.82, 2.24) is 14.8 Å². The van der Waals surface area contributed by atoms with Crippen molar-refractivity contribution in [3.8, 4) is 11.4 Å². The van der Waals surface area contributed by atoms with Gasteiger partial charge in [0.25, 0.3) is 6.43 Å². The molecule has 4 aromatic rings. The Hall–Kier alpha value is -3.13. The SMILES string of the molecule is CC(C)Oc1ccc(SNc2cc(C(F)F)nn2-c2cccc3ncccc23)cc1. The lowest BCUT2D eigenvalue weighted by molar-refractivity contribution is 0.145. The Morgan fingerprint density at radius 3 is 2.57 bits per heavy atom. The van der Waals surface area contributed by atoms with E-state index in [1.165, 1.54) is 22.7 Å². The van der Waals surface area contributed by atoms with Gasteiger partial charge in [-0.1, -0.05) is 6.07 Å². The first-order valence-corrected chi connectivity index (χ1v) is 10.2. The number of alkyl halides is 2. The minimum absolute atomic E-state index is 0.0962. The van der Waals surface area contributed by atoms with E-state index in [1.54, 1.807) is 6.20 Å². The van der Waals surface area contributed by atoms with Crippen LogP contribution in [0.5, 0.6) is 5.75 Å². The Balaban J connectivity index is 1.63. The molecule has 0 aliphatic heterocycles. The minimum atomic E-state index is -2.67. The lowest BCUT2D eigenvalue weighted by Crippen LogP contribution is -2.05. The van der Waals surface area contributed by atoms with Crippen molar-refractivity contribution >= 4 is 28.7 Å². The highest BCUT2D eigenvalue weighted by atomic mass is 32.2.